The van der Waals surface area contributed by atoms with Gasteiger partial charge in [0.15, 0.2) is 0 Å². The van der Waals surface area contributed by atoms with E-state index in [2.05, 4.69) is 15.5 Å². The van der Waals surface area contributed by atoms with Crippen LogP contribution in [0.5, 0.6) is 0 Å². The standard InChI is InChI=1S/C12H24N4O2/c1-2-14-12(18)15-11(17)9-16-7-3-4-10(8-16)5-6-13/h10H,2-9,13H2,1H3,(H2,14,15,17,18). The molecule has 1 saturated heterocycles. The summed E-state index contributed by atoms with van der Waals surface area (Å²) in [5.41, 5.74) is 5.55. The van der Waals surface area contributed by atoms with Gasteiger partial charge in [0.2, 0.25) is 5.91 Å². The van der Waals surface area contributed by atoms with Crippen LogP contribution in [0.1, 0.15) is 26.2 Å². The first-order chi connectivity index (χ1) is 8.65. The van der Waals surface area contributed by atoms with Gasteiger partial charge in [0, 0.05) is 13.1 Å². The van der Waals surface area contributed by atoms with Crippen LogP contribution in [0.4, 0.5) is 4.79 Å². The van der Waals surface area contributed by atoms with E-state index in [0.717, 1.165) is 25.9 Å². The lowest BCUT2D eigenvalue weighted by molar-refractivity contribution is -0.121. The molecule has 0 aromatic heterocycles. The largest absolute Gasteiger partial charge is 0.338 e. The molecule has 1 rings (SSSR count). The summed E-state index contributed by atoms with van der Waals surface area (Å²) in [6.45, 7) is 5.14. The number of rotatable bonds is 5. The van der Waals surface area contributed by atoms with E-state index in [4.69, 9.17) is 5.73 Å². The summed E-state index contributed by atoms with van der Waals surface area (Å²) in [6.07, 6.45) is 3.29. The van der Waals surface area contributed by atoms with Gasteiger partial charge in [0.25, 0.3) is 0 Å². The molecule has 3 amide bonds. The lowest BCUT2D eigenvalue weighted by Crippen LogP contribution is -2.46. The van der Waals surface area contributed by atoms with E-state index in [1.54, 1.807) is 0 Å². The highest BCUT2D eigenvalue weighted by Gasteiger charge is 2.21. The molecule has 0 aliphatic carbocycles. The van der Waals surface area contributed by atoms with Crippen molar-refractivity contribution < 1.29 is 9.59 Å². The molecule has 6 nitrogen and oxygen atoms in total. The van der Waals surface area contributed by atoms with Crippen molar-refractivity contribution >= 4 is 11.9 Å². The van der Waals surface area contributed by atoms with Crippen LogP contribution in [0, 0.1) is 5.92 Å². The Kier molecular flexibility index (Phi) is 6.67. The predicted octanol–water partition coefficient (Wildman–Crippen LogP) is -0.107. The minimum absolute atomic E-state index is 0.241. The molecule has 18 heavy (non-hydrogen) atoms. The van der Waals surface area contributed by atoms with Crippen LogP contribution in [0.15, 0.2) is 0 Å². The molecule has 4 N–H and O–H groups in total. The number of hydrogen-bond donors (Lipinski definition) is 3. The molecule has 1 heterocycles. The molecule has 1 aliphatic heterocycles. The SMILES string of the molecule is CCNC(=O)NC(=O)CN1CCCC(CCN)C1. The van der Waals surface area contributed by atoms with Crippen molar-refractivity contribution in [3.63, 3.8) is 0 Å². The van der Waals surface area contributed by atoms with Gasteiger partial charge in [-0.1, -0.05) is 0 Å². The van der Waals surface area contributed by atoms with Crippen molar-refractivity contribution in [2.24, 2.45) is 11.7 Å². The van der Waals surface area contributed by atoms with Crippen molar-refractivity contribution in [3.05, 3.63) is 0 Å². The van der Waals surface area contributed by atoms with Gasteiger partial charge in [0.05, 0.1) is 6.54 Å². The number of amides is 3. The van der Waals surface area contributed by atoms with Gasteiger partial charge in [-0.15, -0.1) is 0 Å². The first-order valence-corrected chi connectivity index (χ1v) is 6.65. The molecular weight excluding hydrogens is 232 g/mol. The number of hydrogen-bond acceptors (Lipinski definition) is 4. The molecule has 104 valence electrons. The average molecular weight is 256 g/mol. The summed E-state index contributed by atoms with van der Waals surface area (Å²) in [5.74, 6) is 0.343. The Labute approximate surface area is 108 Å². The predicted molar refractivity (Wildman–Crippen MR) is 70.1 cm³/mol. The molecular formula is C12H24N4O2. The van der Waals surface area contributed by atoms with Crippen LogP contribution in [-0.4, -0.2) is 49.6 Å². The Morgan fingerprint density at radius 1 is 1.44 bits per heavy atom. The lowest BCUT2D eigenvalue weighted by atomic mass is 9.95. The van der Waals surface area contributed by atoms with Crippen molar-refractivity contribution in [2.75, 3.05) is 32.7 Å². The molecule has 1 atom stereocenters. The normalized spacial score (nSPS) is 20.4. The topological polar surface area (TPSA) is 87.5 Å². The second kappa shape index (κ2) is 8.05. The third kappa shape index (κ3) is 5.46. The Hall–Kier alpha value is -1.14. The number of piperidine rings is 1. The number of imide groups is 1. The zero-order chi connectivity index (χ0) is 13.4. The summed E-state index contributed by atoms with van der Waals surface area (Å²) in [5, 5.41) is 4.86. The van der Waals surface area contributed by atoms with Gasteiger partial charge in [-0.25, -0.2) is 4.79 Å². The lowest BCUT2D eigenvalue weighted by Gasteiger charge is -2.31. The maximum absolute atomic E-state index is 11.6. The number of carbonyl (C=O) groups is 2. The number of nitrogens with two attached hydrogens (primary N) is 1. The molecule has 0 bridgehead atoms. The number of likely N-dealkylation sites (tertiary alicyclic amines) is 1. The zero-order valence-electron chi connectivity index (χ0n) is 11.1. The van der Waals surface area contributed by atoms with E-state index in [0.29, 0.717) is 19.0 Å². The fraction of sp³-hybridized carbons (Fsp3) is 0.833. The van der Waals surface area contributed by atoms with Gasteiger partial charge in [-0.2, -0.15) is 0 Å². The fourth-order valence-electron chi connectivity index (χ4n) is 2.34. The van der Waals surface area contributed by atoms with Crippen molar-refractivity contribution in [1.29, 1.82) is 0 Å². The Morgan fingerprint density at radius 2 is 2.22 bits per heavy atom. The molecule has 6 heteroatoms. The molecule has 0 aromatic carbocycles. The van der Waals surface area contributed by atoms with Crippen LogP contribution in [-0.2, 0) is 4.79 Å². The van der Waals surface area contributed by atoms with Crippen molar-refractivity contribution in [3.8, 4) is 0 Å². The van der Waals surface area contributed by atoms with Crippen LogP contribution in [0.3, 0.4) is 0 Å². The minimum atomic E-state index is -0.419. The number of carbonyl (C=O) groups excluding carboxylic acids is 2. The summed E-state index contributed by atoms with van der Waals surface area (Å²) < 4.78 is 0. The van der Waals surface area contributed by atoms with E-state index in [9.17, 15) is 9.59 Å². The summed E-state index contributed by atoms with van der Waals surface area (Å²) in [7, 11) is 0. The van der Waals surface area contributed by atoms with Gasteiger partial charge in [-0.05, 0) is 45.2 Å². The van der Waals surface area contributed by atoms with Gasteiger partial charge >= 0.3 is 6.03 Å². The number of nitrogens with zero attached hydrogens (tertiary/aromatic N) is 1. The first-order valence-electron chi connectivity index (χ1n) is 6.65. The maximum Gasteiger partial charge on any atom is 0.321 e. The Balaban J connectivity index is 2.28. The second-order valence-electron chi connectivity index (χ2n) is 4.73. The van der Waals surface area contributed by atoms with Crippen molar-refractivity contribution in [1.82, 2.24) is 15.5 Å². The molecule has 0 aromatic rings. The molecule has 0 radical (unpaired) electrons. The van der Waals surface area contributed by atoms with E-state index >= 15 is 0 Å². The third-order valence-electron chi connectivity index (χ3n) is 3.14. The monoisotopic (exact) mass is 256 g/mol. The minimum Gasteiger partial charge on any atom is -0.338 e. The van der Waals surface area contributed by atoms with Gasteiger partial charge in [-0.3, -0.25) is 15.0 Å². The zero-order valence-corrected chi connectivity index (χ0v) is 11.1. The maximum atomic E-state index is 11.6. The van der Waals surface area contributed by atoms with E-state index in [1.165, 1.54) is 6.42 Å². The summed E-state index contributed by atoms with van der Waals surface area (Å²) in [6, 6.07) is -0.419. The third-order valence-corrected chi connectivity index (χ3v) is 3.14. The van der Waals surface area contributed by atoms with E-state index < -0.39 is 6.03 Å². The summed E-state index contributed by atoms with van der Waals surface area (Å²) in [4.78, 5) is 24.9. The smallest absolute Gasteiger partial charge is 0.321 e. The average Bonchev–Trinajstić information content (AvgIpc) is 2.29. The number of nitrogens with one attached hydrogen (secondary N) is 2. The van der Waals surface area contributed by atoms with E-state index in [-0.39, 0.29) is 12.5 Å². The van der Waals surface area contributed by atoms with Crippen molar-refractivity contribution in [2.45, 2.75) is 26.2 Å². The Bertz CT molecular complexity index is 281. The van der Waals surface area contributed by atoms with Crippen LogP contribution < -0.4 is 16.4 Å². The number of urea groups is 1. The fourth-order valence-corrected chi connectivity index (χ4v) is 2.34. The molecule has 1 fully saturated rings. The van der Waals surface area contributed by atoms with Crippen LogP contribution in [0.2, 0.25) is 0 Å². The van der Waals surface area contributed by atoms with E-state index in [1.807, 2.05) is 6.92 Å². The highest BCUT2D eigenvalue weighted by atomic mass is 16.2. The Morgan fingerprint density at radius 3 is 2.89 bits per heavy atom. The molecule has 0 saturated carbocycles. The summed E-state index contributed by atoms with van der Waals surface area (Å²) >= 11 is 0. The second-order valence-corrected chi connectivity index (χ2v) is 4.73. The quantitative estimate of drug-likeness (QED) is 0.640. The molecule has 0 spiro atoms. The first kappa shape index (κ1) is 14.9. The van der Waals surface area contributed by atoms with Crippen LogP contribution >= 0.6 is 0 Å². The molecule has 1 aliphatic rings. The van der Waals surface area contributed by atoms with Gasteiger partial charge in [0.1, 0.15) is 0 Å². The van der Waals surface area contributed by atoms with Gasteiger partial charge < -0.3 is 11.1 Å². The highest BCUT2D eigenvalue weighted by Crippen LogP contribution is 2.18. The molecule has 1 unspecified atom stereocenters. The highest BCUT2D eigenvalue weighted by molar-refractivity contribution is 5.95. The van der Waals surface area contributed by atoms with Crippen LogP contribution in [0.25, 0.3) is 0 Å².